The van der Waals surface area contributed by atoms with Gasteiger partial charge in [0.15, 0.2) is 5.82 Å². The zero-order valence-electron chi connectivity index (χ0n) is 11.4. The molecular formula is C16H15ClN2OS. The fraction of sp³-hybridized carbons (Fsp3) is 0.188. The van der Waals surface area contributed by atoms with E-state index in [1.54, 1.807) is 11.3 Å². The minimum absolute atomic E-state index is 0.434. The molecule has 0 saturated carbocycles. The van der Waals surface area contributed by atoms with E-state index in [2.05, 4.69) is 22.7 Å². The predicted octanol–water partition coefficient (Wildman–Crippen LogP) is 4.81. The molecule has 0 bridgehead atoms. The van der Waals surface area contributed by atoms with Crippen LogP contribution in [-0.2, 0) is 12.8 Å². The molecule has 3 aromatic rings. The van der Waals surface area contributed by atoms with E-state index < -0.39 is 0 Å². The summed E-state index contributed by atoms with van der Waals surface area (Å²) >= 11 is 7.70. The monoisotopic (exact) mass is 318 g/mol. The van der Waals surface area contributed by atoms with Crippen LogP contribution in [0.3, 0.4) is 0 Å². The number of hydrogen-bond donors (Lipinski definition) is 1. The Balaban J connectivity index is 1.75. The van der Waals surface area contributed by atoms with E-state index in [4.69, 9.17) is 21.9 Å². The Labute approximate surface area is 132 Å². The van der Waals surface area contributed by atoms with E-state index in [0.29, 0.717) is 10.8 Å². The molecule has 2 heterocycles. The Kier molecular flexibility index (Phi) is 4.27. The van der Waals surface area contributed by atoms with Crippen LogP contribution in [0.25, 0.3) is 11.1 Å². The van der Waals surface area contributed by atoms with Crippen LogP contribution in [0.1, 0.15) is 17.1 Å². The topological polar surface area (TPSA) is 52.0 Å². The van der Waals surface area contributed by atoms with Crippen LogP contribution in [-0.4, -0.2) is 5.16 Å². The van der Waals surface area contributed by atoms with Gasteiger partial charge in [-0.15, -0.1) is 11.3 Å². The van der Waals surface area contributed by atoms with E-state index in [9.17, 15) is 0 Å². The third kappa shape index (κ3) is 3.28. The molecule has 0 amide bonds. The highest BCUT2D eigenvalue weighted by atomic mass is 35.5. The third-order valence-corrected chi connectivity index (χ3v) is 4.52. The van der Waals surface area contributed by atoms with Gasteiger partial charge < -0.3 is 10.3 Å². The van der Waals surface area contributed by atoms with E-state index in [0.717, 1.165) is 36.1 Å². The van der Waals surface area contributed by atoms with Crippen molar-refractivity contribution in [2.24, 2.45) is 0 Å². The normalized spacial score (nSPS) is 10.9. The molecule has 3 rings (SSSR count). The van der Waals surface area contributed by atoms with Gasteiger partial charge in [0.1, 0.15) is 5.76 Å². The Bertz CT molecular complexity index is 704. The van der Waals surface area contributed by atoms with E-state index in [-0.39, 0.29) is 0 Å². The Morgan fingerprint density at radius 1 is 1.14 bits per heavy atom. The summed E-state index contributed by atoms with van der Waals surface area (Å²) in [5.74, 6) is 1.27. The summed E-state index contributed by atoms with van der Waals surface area (Å²) in [6, 6.07) is 11.8. The number of anilines is 1. The molecule has 5 heteroatoms. The van der Waals surface area contributed by atoms with Crippen LogP contribution >= 0.6 is 22.9 Å². The second-order valence-corrected chi connectivity index (χ2v) is 6.27. The second-order valence-electron chi connectivity index (χ2n) is 4.81. The van der Waals surface area contributed by atoms with Crippen molar-refractivity contribution in [3.8, 4) is 11.1 Å². The first-order valence-electron chi connectivity index (χ1n) is 6.76. The Morgan fingerprint density at radius 3 is 2.67 bits per heavy atom. The first-order valence-corrected chi connectivity index (χ1v) is 8.02. The number of hydrogen-bond acceptors (Lipinski definition) is 4. The summed E-state index contributed by atoms with van der Waals surface area (Å²) in [7, 11) is 0. The molecule has 3 nitrogen and oxygen atoms in total. The highest BCUT2D eigenvalue weighted by Gasteiger charge is 2.15. The second kappa shape index (κ2) is 6.33. The van der Waals surface area contributed by atoms with Gasteiger partial charge in [0.2, 0.25) is 0 Å². The molecule has 0 saturated heterocycles. The number of thiophene rings is 1. The lowest BCUT2D eigenvalue weighted by atomic mass is 10.0. The fourth-order valence-corrected chi connectivity index (χ4v) is 3.19. The molecule has 2 N–H and O–H groups in total. The molecule has 21 heavy (non-hydrogen) atoms. The van der Waals surface area contributed by atoms with Crippen molar-refractivity contribution in [1.29, 1.82) is 0 Å². The highest BCUT2D eigenvalue weighted by molar-refractivity contribution is 7.09. The summed E-state index contributed by atoms with van der Waals surface area (Å²) in [6.07, 6.45) is 2.87. The molecule has 0 spiro atoms. The number of benzene rings is 1. The maximum atomic E-state index is 5.94. The van der Waals surface area contributed by atoms with Crippen LogP contribution in [0.15, 0.2) is 46.3 Å². The number of rotatable bonds is 5. The minimum Gasteiger partial charge on any atom is -0.380 e. The lowest BCUT2D eigenvalue weighted by Crippen LogP contribution is -1.92. The SMILES string of the molecule is Nc1noc(CCCc2cccs2)c1-c1ccc(Cl)cc1. The standard InChI is InChI=1S/C16H15ClN2OS/c17-12-8-6-11(7-9-12)15-14(20-19-16(15)18)5-1-3-13-4-2-10-21-13/h2,4,6-10H,1,3,5H2,(H2,18,19). The molecule has 2 aromatic heterocycles. The number of nitrogens with zero attached hydrogens (tertiary/aromatic N) is 1. The number of halogens is 1. The summed E-state index contributed by atoms with van der Waals surface area (Å²) in [5, 5.41) is 6.70. The smallest absolute Gasteiger partial charge is 0.175 e. The Morgan fingerprint density at radius 2 is 1.95 bits per heavy atom. The zero-order chi connectivity index (χ0) is 14.7. The lowest BCUT2D eigenvalue weighted by Gasteiger charge is -2.03. The molecule has 0 radical (unpaired) electrons. The van der Waals surface area contributed by atoms with Crippen LogP contribution in [0, 0.1) is 0 Å². The molecule has 0 unspecified atom stereocenters. The molecule has 0 aliphatic rings. The average molecular weight is 319 g/mol. The number of aryl methyl sites for hydroxylation is 2. The van der Waals surface area contributed by atoms with Crippen molar-refractivity contribution in [1.82, 2.24) is 5.16 Å². The van der Waals surface area contributed by atoms with Gasteiger partial charge in [0.05, 0.1) is 5.56 Å². The van der Waals surface area contributed by atoms with Gasteiger partial charge in [-0.3, -0.25) is 0 Å². The summed E-state index contributed by atoms with van der Waals surface area (Å²) in [5.41, 5.74) is 7.82. The lowest BCUT2D eigenvalue weighted by molar-refractivity contribution is 0.384. The first kappa shape index (κ1) is 14.2. The third-order valence-electron chi connectivity index (χ3n) is 3.33. The van der Waals surface area contributed by atoms with Crippen molar-refractivity contribution in [3.05, 3.63) is 57.4 Å². The molecule has 0 aliphatic heterocycles. The van der Waals surface area contributed by atoms with Crippen LogP contribution < -0.4 is 5.73 Å². The van der Waals surface area contributed by atoms with Crippen molar-refractivity contribution < 1.29 is 4.52 Å². The molecule has 108 valence electrons. The minimum atomic E-state index is 0.434. The summed E-state index contributed by atoms with van der Waals surface area (Å²) in [6.45, 7) is 0. The molecule has 1 aromatic carbocycles. The van der Waals surface area contributed by atoms with E-state index in [1.807, 2.05) is 24.3 Å². The van der Waals surface area contributed by atoms with Crippen LogP contribution in [0.5, 0.6) is 0 Å². The van der Waals surface area contributed by atoms with Gasteiger partial charge in [-0.2, -0.15) is 0 Å². The van der Waals surface area contributed by atoms with Crippen molar-refractivity contribution >= 4 is 28.8 Å². The maximum Gasteiger partial charge on any atom is 0.175 e. The van der Waals surface area contributed by atoms with E-state index in [1.165, 1.54) is 4.88 Å². The number of nitrogen functional groups attached to an aromatic ring is 1. The van der Waals surface area contributed by atoms with Gasteiger partial charge in [-0.1, -0.05) is 35.0 Å². The number of aromatic nitrogens is 1. The Hall–Kier alpha value is -1.78. The van der Waals surface area contributed by atoms with Gasteiger partial charge in [0, 0.05) is 16.3 Å². The molecular weight excluding hydrogens is 304 g/mol. The predicted molar refractivity (Wildman–Crippen MR) is 87.7 cm³/mol. The van der Waals surface area contributed by atoms with Gasteiger partial charge in [-0.05, 0) is 42.0 Å². The van der Waals surface area contributed by atoms with Gasteiger partial charge >= 0.3 is 0 Å². The molecule has 0 atom stereocenters. The molecule has 0 aliphatic carbocycles. The van der Waals surface area contributed by atoms with E-state index >= 15 is 0 Å². The first-order chi connectivity index (χ1) is 10.2. The summed E-state index contributed by atoms with van der Waals surface area (Å²) < 4.78 is 5.39. The summed E-state index contributed by atoms with van der Waals surface area (Å²) in [4.78, 5) is 1.38. The number of nitrogens with two attached hydrogens (primary N) is 1. The van der Waals surface area contributed by atoms with Crippen molar-refractivity contribution in [2.75, 3.05) is 5.73 Å². The highest BCUT2D eigenvalue weighted by Crippen LogP contribution is 2.31. The van der Waals surface area contributed by atoms with Gasteiger partial charge in [-0.25, -0.2) is 0 Å². The largest absolute Gasteiger partial charge is 0.380 e. The van der Waals surface area contributed by atoms with Gasteiger partial charge in [0.25, 0.3) is 0 Å². The quantitative estimate of drug-likeness (QED) is 0.734. The van der Waals surface area contributed by atoms with Crippen molar-refractivity contribution in [3.63, 3.8) is 0 Å². The maximum absolute atomic E-state index is 5.94. The van der Waals surface area contributed by atoms with Crippen LogP contribution in [0.4, 0.5) is 5.82 Å². The zero-order valence-corrected chi connectivity index (χ0v) is 13.0. The molecule has 0 fully saturated rings. The van der Waals surface area contributed by atoms with Crippen molar-refractivity contribution in [2.45, 2.75) is 19.3 Å². The fourth-order valence-electron chi connectivity index (χ4n) is 2.31. The van der Waals surface area contributed by atoms with Crippen LogP contribution in [0.2, 0.25) is 5.02 Å². The average Bonchev–Trinajstić information content (AvgIpc) is 3.11.